The summed E-state index contributed by atoms with van der Waals surface area (Å²) < 4.78 is 0. The lowest BCUT2D eigenvalue weighted by Gasteiger charge is -2.08. The largest absolute Gasteiger partial charge is 0.260 e. The molecule has 0 saturated carbocycles. The lowest BCUT2D eigenvalue weighted by atomic mass is 10.1. The minimum Gasteiger partial charge on any atom is -0.260 e. The van der Waals surface area contributed by atoms with E-state index in [1.807, 2.05) is 6.20 Å². The van der Waals surface area contributed by atoms with E-state index < -0.39 is 0 Å². The van der Waals surface area contributed by atoms with Crippen LogP contribution in [0.25, 0.3) is 0 Å². The summed E-state index contributed by atoms with van der Waals surface area (Å²) in [6, 6.07) is 2.20. The topological polar surface area (TPSA) is 12.9 Å². The Morgan fingerprint density at radius 3 is 2.50 bits per heavy atom. The highest BCUT2D eigenvalue weighted by molar-refractivity contribution is 7.98. The fraction of sp³-hybridized carbons (Fsp3) is 0.500. The molecule has 0 spiro atoms. The van der Waals surface area contributed by atoms with Crippen molar-refractivity contribution in [2.24, 2.45) is 0 Å². The van der Waals surface area contributed by atoms with Crippen LogP contribution in [0.1, 0.15) is 31.0 Å². The first-order chi connectivity index (χ1) is 5.65. The molecule has 12 heavy (non-hydrogen) atoms. The summed E-state index contributed by atoms with van der Waals surface area (Å²) in [5.41, 5.74) is 2.52. The van der Waals surface area contributed by atoms with Gasteiger partial charge in [-0.2, -0.15) is 0 Å². The van der Waals surface area contributed by atoms with Gasteiger partial charge in [0.05, 0.1) is 0 Å². The van der Waals surface area contributed by atoms with E-state index in [0.29, 0.717) is 5.92 Å². The van der Waals surface area contributed by atoms with Gasteiger partial charge in [0.2, 0.25) is 0 Å². The minimum absolute atomic E-state index is 0.529. The molecule has 0 radical (unpaired) electrons. The lowest BCUT2D eigenvalue weighted by molar-refractivity contribution is 0.806. The number of pyridine rings is 1. The first-order valence-electron chi connectivity index (χ1n) is 4.15. The van der Waals surface area contributed by atoms with Crippen molar-refractivity contribution in [2.45, 2.75) is 31.6 Å². The fourth-order valence-electron chi connectivity index (χ4n) is 1.28. The van der Waals surface area contributed by atoms with Gasteiger partial charge in [0.25, 0.3) is 0 Å². The van der Waals surface area contributed by atoms with Gasteiger partial charge in [0, 0.05) is 16.8 Å². The van der Waals surface area contributed by atoms with Crippen LogP contribution in [-0.2, 0) is 0 Å². The van der Waals surface area contributed by atoms with Crippen LogP contribution in [0.5, 0.6) is 0 Å². The Kier molecular flexibility index (Phi) is 3.15. The molecule has 1 rings (SSSR count). The van der Waals surface area contributed by atoms with Crippen molar-refractivity contribution in [2.75, 3.05) is 6.26 Å². The summed E-state index contributed by atoms with van der Waals surface area (Å²) in [6.07, 6.45) is 4.03. The molecular formula is C10H15NS. The van der Waals surface area contributed by atoms with Gasteiger partial charge in [-0.1, -0.05) is 13.8 Å². The maximum atomic E-state index is 4.43. The van der Waals surface area contributed by atoms with Crippen molar-refractivity contribution >= 4 is 11.8 Å². The van der Waals surface area contributed by atoms with Gasteiger partial charge in [-0.15, -0.1) is 11.8 Å². The number of hydrogen-bond acceptors (Lipinski definition) is 2. The van der Waals surface area contributed by atoms with Gasteiger partial charge in [0.15, 0.2) is 0 Å². The molecule has 2 heteroatoms. The molecule has 0 aromatic carbocycles. The first kappa shape index (κ1) is 9.59. The molecule has 0 atom stereocenters. The first-order valence-corrected chi connectivity index (χ1v) is 5.38. The van der Waals surface area contributed by atoms with Gasteiger partial charge in [-0.3, -0.25) is 4.98 Å². The molecule has 1 aromatic heterocycles. The second-order valence-corrected chi connectivity index (χ2v) is 4.11. The molecular weight excluding hydrogens is 166 g/mol. The summed E-state index contributed by atoms with van der Waals surface area (Å²) in [5, 5.41) is 0. The molecule has 0 aliphatic heterocycles. The number of nitrogens with zero attached hydrogens (tertiary/aromatic N) is 1. The average molecular weight is 181 g/mol. The Morgan fingerprint density at radius 1 is 1.42 bits per heavy atom. The van der Waals surface area contributed by atoms with Crippen molar-refractivity contribution in [3.05, 3.63) is 23.5 Å². The molecule has 0 aliphatic rings. The van der Waals surface area contributed by atoms with Crippen molar-refractivity contribution in [1.82, 2.24) is 4.98 Å². The normalized spacial score (nSPS) is 10.8. The van der Waals surface area contributed by atoms with Crippen molar-refractivity contribution in [3.8, 4) is 0 Å². The van der Waals surface area contributed by atoms with E-state index in [9.17, 15) is 0 Å². The standard InChI is InChI=1S/C10H15NS/c1-7(2)10-8(3)5-9(12-4)6-11-10/h5-7H,1-4H3. The van der Waals surface area contributed by atoms with Crippen LogP contribution in [0.15, 0.2) is 17.2 Å². The molecule has 1 aromatic rings. The number of aryl methyl sites for hydroxylation is 1. The molecule has 1 heterocycles. The van der Waals surface area contributed by atoms with Gasteiger partial charge < -0.3 is 0 Å². The number of rotatable bonds is 2. The van der Waals surface area contributed by atoms with E-state index in [-0.39, 0.29) is 0 Å². The third-order valence-electron chi connectivity index (χ3n) is 1.88. The molecule has 1 nitrogen and oxygen atoms in total. The van der Waals surface area contributed by atoms with Crippen LogP contribution in [-0.4, -0.2) is 11.2 Å². The molecule has 0 fully saturated rings. The van der Waals surface area contributed by atoms with E-state index in [2.05, 4.69) is 38.1 Å². The van der Waals surface area contributed by atoms with Crippen molar-refractivity contribution in [1.29, 1.82) is 0 Å². The fourth-order valence-corrected chi connectivity index (χ4v) is 1.73. The highest BCUT2D eigenvalue weighted by Gasteiger charge is 2.04. The van der Waals surface area contributed by atoms with Crippen LogP contribution in [0.2, 0.25) is 0 Å². The quantitative estimate of drug-likeness (QED) is 0.650. The Hall–Kier alpha value is -0.500. The summed E-state index contributed by atoms with van der Waals surface area (Å²) in [6.45, 7) is 6.48. The molecule has 0 bridgehead atoms. The smallest absolute Gasteiger partial charge is 0.0458 e. The van der Waals surface area contributed by atoms with Crippen molar-refractivity contribution in [3.63, 3.8) is 0 Å². The molecule has 0 aliphatic carbocycles. The van der Waals surface area contributed by atoms with Crippen LogP contribution in [0, 0.1) is 6.92 Å². The van der Waals surface area contributed by atoms with E-state index >= 15 is 0 Å². The third-order valence-corrected chi connectivity index (χ3v) is 2.57. The maximum absolute atomic E-state index is 4.43. The Labute approximate surface area is 78.6 Å². The van der Waals surface area contributed by atoms with Crippen LogP contribution >= 0.6 is 11.8 Å². The molecule has 0 saturated heterocycles. The Morgan fingerprint density at radius 2 is 2.08 bits per heavy atom. The number of aromatic nitrogens is 1. The van der Waals surface area contributed by atoms with Crippen LogP contribution in [0.4, 0.5) is 0 Å². The zero-order valence-electron chi connectivity index (χ0n) is 8.09. The van der Waals surface area contributed by atoms with E-state index in [1.54, 1.807) is 11.8 Å². The van der Waals surface area contributed by atoms with Gasteiger partial charge in [-0.05, 0) is 30.7 Å². The van der Waals surface area contributed by atoms with Gasteiger partial charge >= 0.3 is 0 Å². The molecule has 0 unspecified atom stereocenters. The summed E-state index contributed by atoms with van der Waals surface area (Å²) >= 11 is 1.74. The summed E-state index contributed by atoms with van der Waals surface area (Å²) in [4.78, 5) is 5.67. The van der Waals surface area contributed by atoms with E-state index in [4.69, 9.17) is 0 Å². The zero-order chi connectivity index (χ0) is 9.14. The summed E-state index contributed by atoms with van der Waals surface area (Å²) in [5.74, 6) is 0.529. The third kappa shape index (κ3) is 2.01. The average Bonchev–Trinajstić information content (AvgIpc) is 2.03. The number of thioether (sulfide) groups is 1. The Bertz CT molecular complexity index is 269. The van der Waals surface area contributed by atoms with E-state index in [1.165, 1.54) is 16.2 Å². The maximum Gasteiger partial charge on any atom is 0.0458 e. The van der Waals surface area contributed by atoms with Crippen LogP contribution < -0.4 is 0 Å². The second-order valence-electron chi connectivity index (χ2n) is 3.23. The molecule has 0 amide bonds. The molecule has 66 valence electrons. The zero-order valence-corrected chi connectivity index (χ0v) is 8.90. The predicted molar refractivity (Wildman–Crippen MR) is 54.8 cm³/mol. The summed E-state index contributed by atoms with van der Waals surface area (Å²) in [7, 11) is 0. The van der Waals surface area contributed by atoms with Crippen molar-refractivity contribution < 1.29 is 0 Å². The monoisotopic (exact) mass is 181 g/mol. The van der Waals surface area contributed by atoms with E-state index in [0.717, 1.165) is 0 Å². The Balaban J connectivity index is 3.03. The number of hydrogen-bond donors (Lipinski definition) is 0. The minimum atomic E-state index is 0.529. The highest BCUT2D eigenvalue weighted by atomic mass is 32.2. The highest BCUT2D eigenvalue weighted by Crippen LogP contribution is 2.21. The molecule has 0 N–H and O–H groups in total. The van der Waals surface area contributed by atoms with Gasteiger partial charge in [-0.25, -0.2) is 0 Å². The second kappa shape index (κ2) is 3.94. The van der Waals surface area contributed by atoms with Crippen LogP contribution in [0.3, 0.4) is 0 Å². The lowest BCUT2D eigenvalue weighted by Crippen LogP contribution is -1.96. The predicted octanol–water partition coefficient (Wildman–Crippen LogP) is 3.24. The van der Waals surface area contributed by atoms with Gasteiger partial charge in [0.1, 0.15) is 0 Å². The SMILES string of the molecule is CSc1cnc(C(C)C)c(C)c1.